The molecule has 0 spiro atoms. The lowest BCUT2D eigenvalue weighted by Crippen LogP contribution is -2.01. The largest absolute Gasteiger partial charge is 0.393 e. The SMILES string of the molecule is CCC(O)CC=C(C)CCCC(C)C. The van der Waals surface area contributed by atoms with Gasteiger partial charge in [-0.25, -0.2) is 0 Å². The van der Waals surface area contributed by atoms with Gasteiger partial charge in [-0.3, -0.25) is 0 Å². The molecule has 1 N–H and O–H groups in total. The highest BCUT2D eigenvalue weighted by atomic mass is 16.3. The quantitative estimate of drug-likeness (QED) is 0.615. The Morgan fingerprint density at radius 3 is 2.50 bits per heavy atom. The molecule has 0 radical (unpaired) electrons. The van der Waals surface area contributed by atoms with Crippen LogP contribution in [0.2, 0.25) is 0 Å². The average molecular weight is 198 g/mol. The van der Waals surface area contributed by atoms with Crippen molar-refractivity contribution >= 4 is 0 Å². The Hall–Kier alpha value is -0.300. The maximum absolute atomic E-state index is 9.38. The molecule has 0 aliphatic rings. The van der Waals surface area contributed by atoms with Gasteiger partial charge in [0.05, 0.1) is 6.10 Å². The zero-order chi connectivity index (χ0) is 11.0. The van der Waals surface area contributed by atoms with Gasteiger partial charge in [0.15, 0.2) is 0 Å². The first-order valence-corrected chi connectivity index (χ1v) is 5.90. The first-order chi connectivity index (χ1) is 6.56. The Morgan fingerprint density at radius 1 is 1.36 bits per heavy atom. The second kappa shape index (κ2) is 8.05. The summed E-state index contributed by atoms with van der Waals surface area (Å²) in [5, 5.41) is 9.38. The zero-order valence-corrected chi connectivity index (χ0v) is 10.2. The molecule has 0 aliphatic heterocycles. The predicted molar refractivity (Wildman–Crippen MR) is 63.4 cm³/mol. The number of hydrogen-bond acceptors (Lipinski definition) is 1. The van der Waals surface area contributed by atoms with Crippen molar-refractivity contribution in [1.29, 1.82) is 0 Å². The van der Waals surface area contributed by atoms with Crippen LogP contribution in [0, 0.1) is 5.92 Å². The minimum absolute atomic E-state index is 0.143. The van der Waals surface area contributed by atoms with Crippen molar-refractivity contribution in [3.8, 4) is 0 Å². The number of allylic oxidation sites excluding steroid dienone is 1. The Bertz CT molecular complexity index is 159. The van der Waals surface area contributed by atoms with Gasteiger partial charge in [-0.1, -0.05) is 38.8 Å². The van der Waals surface area contributed by atoms with Crippen LogP contribution in [0.25, 0.3) is 0 Å². The summed E-state index contributed by atoms with van der Waals surface area (Å²) < 4.78 is 0. The van der Waals surface area contributed by atoms with E-state index in [1.165, 1.54) is 24.8 Å². The van der Waals surface area contributed by atoms with Crippen molar-refractivity contribution in [3.05, 3.63) is 11.6 Å². The molecule has 1 nitrogen and oxygen atoms in total. The molecule has 0 rings (SSSR count). The molecule has 1 heteroatoms. The molecule has 0 saturated carbocycles. The Balaban J connectivity index is 3.56. The van der Waals surface area contributed by atoms with Gasteiger partial charge < -0.3 is 5.11 Å². The van der Waals surface area contributed by atoms with Gasteiger partial charge in [-0.15, -0.1) is 0 Å². The summed E-state index contributed by atoms with van der Waals surface area (Å²) in [6.07, 6.45) is 7.50. The highest BCUT2D eigenvalue weighted by Crippen LogP contribution is 2.12. The topological polar surface area (TPSA) is 20.2 Å². The molecule has 0 heterocycles. The van der Waals surface area contributed by atoms with E-state index in [-0.39, 0.29) is 6.10 Å². The fourth-order valence-electron chi connectivity index (χ4n) is 1.40. The third-order valence-corrected chi connectivity index (χ3v) is 2.56. The van der Waals surface area contributed by atoms with Gasteiger partial charge in [-0.05, 0) is 38.5 Å². The molecule has 0 bridgehead atoms. The second-order valence-electron chi connectivity index (χ2n) is 4.63. The van der Waals surface area contributed by atoms with Gasteiger partial charge in [0.25, 0.3) is 0 Å². The van der Waals surface area contributed by atoms with E-state index in [9.17, 15) is 5.11 Å². The van der Waals surface area contributed by atoms with Gasteiger partial charge in [-0.2, -0.15) is 0 Å². The molecule has 1 atom stereocenters. The lowest BCUT2D eigenvalue weighted by molar-refractivity contribution is 0.173. The van der Waals surface area contributed by atoms with Crippen LogP contribution >= 0.6 is 0 Å². The second-order valence-corrected chi connectivity index (χ2v) is 4.63. The molecule has 0 saturated heterocycles. The number of aliphatic hydroxyl groups is 1. The van der Waals surface area contributed by atoms with Crippen molar-refractivity contribution < 1.29 is 5.11 Å². The van der Waals surface area contributed by atoms with Crippen LogP contribution in [0.4, 0.5) is 0 Å². The minimum Gasteiger partial charge on any atom is -0.393 e. The molecule has 84 valence electrons. The van der Waals surface area contributed by atoms with E-state index in [1.807, 2.05) is 6.92 Å². The normalized spacial score (nSPS) is 14.9. The highest BCUT2D eigenvalue weighted by Gasteiger charge is 1.98. The van der Waals surface area contributed by atoms with Crippen LogP contribution in [0.3, 0.4) is 0 Å². The van der Waals surface area contributed by atoms with E-state index in [0.717, 1.165) is 18.8 Å². The Labute approximate surface area is 89.2 Å². The maximum atomic E-state index is 9.38. The van der Waals surface area contributed by atoms with Gasteiger partial charge in [0.1, 0.15) is 0 Å². The van der Waals surface area contributed by atoms with E-state index in [4.69, 9.17) is 0 Å². The number of rotatable bonds is 7. The maximum Gasteiger partial charge on any atom is 0.0572 e. The van der Waals surface area contributed by atoms with Crippen LogP contribution in [-0.2, 0) is 0 Å². The third-order valence-electron chi connectivity index (χ3n) is 2.56. The van der Waals surface area contributed by atoms with Gasteiger partial charge in [0, 0.05) is 0 Å². The molecular weight excluding hydrogens is 172 g/mol. The van der Waals surface area contributed by atoms with E-state index < -0.39 is 0 Å². The highest BCUT2D eigenvalue weighted by molar-refractivity contribution is 4.98. The summed E-state index contributed by atoms with van der Waals surface area (Å²) in [6, 6.07) is 0. The van der Waals surface area contributed by atoms with E-state index >= 15 is 0 Å². The molecule has 0 amide bonds. The van der Waals surface area contributed by atoms with Crippen LogP contribution in [0.15, 0.2) is 11.6 Å². The summed E-state index contributed by atoms with van der Waals surface area (Å²) in [7, 11) is 0. The molecule has 1 unspecified atom stereocenters. The molecule has 0 fully saturated rings. The fraction of sp³-hybridized carbons (Fsp3) is 0.846. The summed E-state index contributed by atoms with van der Waals surface area (Å²) in [6.45, 7) is 8.72. The number of aliphatic hydroxyl groups excluding tert-OH is 1. The minimum atomic E-state index is -0.143. The standard InChI is InChI=1S/C13H26O/c1-5-13(14)10-9-12(4)8-6-7-11(2)3/h9,11,13-14H,5-8,10H2,1-4H3. The zero-order valence-electron chi connectivity index (χ0n) is 10.2. The average Bonchev–Trinajstić information content (AvgIpc) is 2.13. The molecule has 14 heavy (non-hydrogen) atoms. The van der Waals surface area contributed by atoms with Crippen molar-refractivity contribution in [2.24, 2.45) is 5.92 Å². The molecule has 0 aromatic rings. The van der Waals surface area contributed by atoms with E-state index in [2.05, 4.69) is 26.8 Å². The molecule has 0 aromatic heterocycles. The molecular formula is C13H26O. The van der Waals surface area contributed by atoms with Crippen molar-refractivity contribution in [2.45, 2.75) is 65.9 Å². The van der Waals surface area contributed by atoms with E-state index in [0.29, 0.717) is 0 Å². The summed E-state index contributed by atoms with van der Waals surface area (Å²) in [5.74, 6) is 0.809. The third kappa shape index (κ3) is 8.31. The first kappa shape index (κ1) is 13.7. The number of hydrogen-bond donors (Lipinski definition) is 1. The lowest BCUT2D eigenvalue weighted by Gasteiger charge is -2.06. The van der Waals surface area contributed by atoms with Gasteiger partial charge >= 0.3 is 0 Å². The van der Waals surface area contributed by atoms with Crippen LogP contribution in [0.1, 0.15) is 59.8 Å². The van der Waals surface area contributed by atoms with Crippen LogP contribution in [0.5, 0.6) is 0 Å². The summed E-state index contributed by atoms with van der Waals surface area (Å²) in [5.41, 5.74) is 1.43. The van der Waals surface area contributed by atoms with E-state index in [1.54, 1.807) is 0 Å². The lowest BCUT2D eigenvalue weighted by atomic mass is 10.0. The van der Waals surface area contributed by atoms with Gasteiger partial charge in [0.2, 0.25) is 0 Å². The molecule has 0 aliphatic carbocycles. The Morgan fingerprint density at radius 2 is 2.00 bits per heavy atom. The van der Waals surface area contributed by atoms with Crippen molar-refractivity contribution in [3.63, 3.8) is 0 Å². The predicted octanol–water partition coefficient (Wildman–Crippen LogP) is 3.92. The van der Waals surface area contributed by atoms with Crippen LogP contribution < -0.4 is 0 Å². The van der Waals surface area contributed by atoms with Crippen LogP contribution in [-0.4, -0.2) is 11.2 Å². The van der Waals surface area contributed by atoms with Crippen molar-refractivity contribution in [1.82, 2.24) is 0 Å². The van der Waals surface area contributed by atoms with Crippen molar-refractivity contribution in [2.75, 3.05) is 0 Å². The smallest absolute Gasteiger partial charge is 0.0572 e. The summed E-state index contributed by atoms with van der Waals surface area (Å²) >= 11 is 0. The Kier molecular flexibility index (Phi) is 7.87. The molecule has 0 aromatic carbocycles. The fourth-order valence-corrected chi connectivity index (χ4v) is 1.40. The monoisotopic (exact) mass is 198 g/mol. The summed E-state index contributed by atoms with van der Waals surface area (Å²) in [4.78, 5) is 0. The first-order valence-electron chi connectivity index (χ1n) is 5.90.